The number of nitrogens with zero attached hydrogens (tertiary/aromatic N) is 1. The van der Waals surface area contributed by atoms with Crippen molar-refractivity contribution in [3.05, 3.63) is 90.1 Å². The predicted octanol–water partition coefficient (Wildman–Crippen LogP) is -0.610. The van der Waals surface area contributed by atoms with E-state index in [-0.39, 0.29) is 82.6 Å². The summed E-state index contributed by atoms with van der Waals surface area (Å²) >= 11 is 0. The number of para-hydroxylation sites is 1. The van der Waals surface area contributed by atoms with Gasteiger partial charge in [-0.1, -0.05) is 48.5 Å². The van der Waals surface area contributed by atoms with Crippen molar-refractivity contribution < 1.29 is 38.4 Å². The summed E-state index contributed by atoms with van der Waals surface area (Å²) in [4.78, 5) is 120. The third kappa shape index (κ3) is 15.3. The Morgan fingerprint density at radius 1 is 0.758 bits per heavy atom. The van der Waals surface area contributed by atoms with Gasteiger partial charge < -0.3 is 58.2 Å². The maximum absolute atomic E-state index is 14.5. The molecule has 6 atom stereocenters. The maximum atomic E-state index is 14.5. The summed E-state index contributed by atoms with van der Waals surface area (Å²) in [5.41, 5.74) is 8.03. The number of aromatic nitrogens is 3. The van der Waals surface area contributed by atoms with Crippen LogP contribution in [-0.4, -0.2) is 117 Å². The molecule has 0 spiro atoms. The molecule has 1 saturated heterocycles. The van der Waals surface area contributed by atoms with Gasteiger partial charge in [-0.2, -0.15) is 0 Å². The van der Waals surface area contributed by atoms with Crippen LogP contribution in [0.1, 0.15) is 69.2 Å². The van der Waals surface area contributed by atoms with Gasteiger partial charge in [0.05, 0.1) is 18.1 Å². The Hall–Kier alpha value is -7.58. The molecule has 1 aliphatic rings. The summed E-state index contributed by atoms with van der Waals surface area (Å²) in [7, 11) is 0. The third-order valence-corrected chi connectivity index (χ3v) is 11.0. The first-order chi connectivity index (χ1) is 31.7. The number of nitrogens with two attached hydrogens (primary N) is 1. The average molecular weight is 910 g/mol. The van der Waals surface area contributed by atoms with Crippen molar-refractivity contribution in [3.8, 4) is 0 Å². The molecule has 2 aromatic heterocycles. The number of amides is 7. The van der Waals surface area contributed by atoms with Gasteiger partial charge in [0.25, 0.3) is 0 Å². The van der Waals surface area contributed by atoms with E-state index in [1.807, 2.05) is 24.3 Å². The van der Waals surface area contributed by atoms with Gasteiger partial charge in [-0.15, -0.1) is 0 Å². The Morgan fingerprint density at radius 3 is 2.08 bits per heavy atom. The molecule has 66 heavy (non-hydrogen) atoms. The van der Waals surface area contributed by atoms with Crippen LogP contribution in [-0.2, 0) is 57.6 Å². The van der Waals surface area contributed by atoms with Crippen LogP contribution >= 0.6 is 0 Å². The number of Topliss-reactive ketones (excluding diaryl/α,β-unsaturated/α-hetero) is 1. The minimum absolute atomic E-state index is 0.00451. The number of guanidine groups is 1. The van der Waals surface area contributed by atoms with Crippen molar-refractivity contribution in [3.63, 3.8) is 0 Å². The molecule has 1 aliphatic heterocycles. The molecule has 352 valence electrons. The molecular weight excluding hydrogens is 851 g/mol. The van der Waals surface area contributed by atoms with Crippen molar-refractivity contribution in [2.75, 3.05) is 13.1 Å². The van der Waals surface area contributed by atoms with E-state index in [1.54, 1.807) is 36.5 Å². The molecule has 0 aliphatic carbocycles. The zero-order valence-electron chi connectivity index (χ0n) is 37.0. The minimum atomic E-state index is -1.34. The highest BCUT2D eigenvalue weighted by Crippen LogP contribution is 2.20. The molecule has 0 bridgehead atoms. The Kier molecular flexibility index (Phi) is 18.3. The van der Waals surface area contributed by atoms with Gasteiger partial charge in [0.15, 0.2) is 11.7 Å². The van der Waals surface area contributed by atoms with E-state index in [4.69, 9.17) is 11.1 Å². The number of imidazole rings is 1. The number of hydrogen-bond donors (Lipinski definition) is 12. The van der Waals surface area contributed by atoms with E-state index >= 15 is 0 Å². The quantitative estimate of drug-likeness (QED) is 0.0483. The normalized spacial score (nSPS) is 22.1. The second kappa shape index (κ2) is 24.5. The lowest BCUT2D eigenvalue weighted by atomic mass is 10.0. The van der Waals surface area contributed by atoms with Crippen LogP contribution < -0.4 is 48.3 Å². The average Bonchev–Trinajstić information content (AvgIpc) is 3.96. The number of H-pyrrole nitrogens is 2. The topological polar surface area (TPSA) is 327 Å². The van der Waals surface area contributed by atoms with Gasteiger partial charge in [0, 0.05) is 69.0 Å². The number of fused-ring (bicyclic) bond motifs is 1. The standard InChI is InChI=1S/C45H59N13O8/c1-26(59)32-14-8-18-49-39(61)17-16-35(53-27(2)60)41(63)58-38(22-30-24-48-25-52-30)44(66)56-36(20-28-10-4-3-5-11-28)42(64)55-34(15-9-19-50-45(46)47)40(62)57-37(43(65)54-32)21-29-23-51-33-13-7-6-12-31(29)33/h3-7,10-13,23-25,32,34-38,51H,8-9,14-22H2,1-2H3,(H,48,52)(H,49,61)(H,53,60)(H,54,65)(H,55,64)(H,56,66)(H,57,62)(H,58,63)(H4,46,47,50)/t32-,34-,35-,36+,37-,38-/m0/s1. The molecule has 21 heteroatoms. The van der Waals surface area contributed by atoms with Gasteiger partial charge in [0.2, 0.25) is 41.4 Å². The fraction of sp³-hybridized carbons (Fsp3) is 0.422. The van der Waals surface area contributed by atoms with Crippen LogP contribution in [0.2, 0.25) is 0 Å². The second-order valence-corrected chi connectivity index (χ2v) is 16.2. The molecule has 5 rings (SSSR count). The molecule has 2 aromatic carbocycles. The Morgan fingerprint density at radius 2 is 1.39 bits per heavy atom. The first-order valence-electron chi connectivity index (χ1n) is 21.9. The number of benzene rings is 2. The van der Waals surface area contributed by atoms with Gasteiger partial charge >= 0.3 is 0 Å². The summed E-state index contributed by atoms with van der Waals surface area (Å²) in [6.45, 7) is 2.80. The molecule has 0 saturated carbocycles. The fourth-order valence-electron chi connectivity index (χ4n) is 7.56. The summed E-state index contributed by atoms with van der Waals surface area (Å²) in [6, 6.07) is 8.75. The van der Waals surface area contributed by atoms with Crippen LogP contribution in [0.3, 0.4) is 0 Å². The zero-order valence-corrected chi connectivity index (χ0v) is 37.0. The van der Waals surface area contributed by atoms with E-state index in [9.17, 15) is 38.4 Å². The molecular formula is C45H59N13O8. The summed E-state index contributed by atoms with van der Waals surface area (Å²) < 4.78 is 0. The number of ketones is 1. The smallest absolute Gasteiger partial charge is 0.243 e. The zero-order chi connectivity index (χ0) is 47.6. The molecule has 1 fully saturated rings. The Labute approximate surface area is 381 Å². The lowest BCUT2D eigenvalue weighted by Crippen LogP contribution is -2.60. The van der Waals surface area contributed by atoms with Crippen molar-refractivity contribution >= 4 is 64.0 Å². The molecule has 21 nitrogen and oxygen atoms in total. The van der Waals surface area contributed by atoms with Crippen molar-refractivity contribution in [2.24, 2.45) is 5.73 Å². The van der Waals surface area contributed by atoms with Crippen LogP contribution in [0.25, 0.3) is 10.9 Å². The van der Waals surface area contributed by atoms with Crippen LogP contribution in [0.5, 0.6) is 0 Å². The molecule has 0 unspecified atom stereocenters. The summed E-state index contributed by atoms with van der Waals surface area (Å²) in [5, 5.41) is 30.2. The first-order valence-corrected chi connectivity index (χ1v) is 21.9. The minimum Gasteiger partial charge on any atom is -0.370 e. The Balaban J connectivity index is 1.53. The van der Waals surface area contributed by atoms with E-state index < -0.39 is 77.6 Å². The Bertz CT molecular complexity index is 2330. The first kappa shape index (κ1) is 49.4. The monoisotopic (exact) mass is 909 g/mol. The highest BCUT2D eigenvalue weighted by Gasteiger charge is 2.34. The highest BCUT2D eigenvalue weighted by atomic mass is 16.2. The number of carbonyl (C=O) groups is 8. The van der Waals surface area contributed by atoms with Gasteiger partial charge in [-0.25, -0.2) is 4.98 Å². The number of nitrogens with one attached hydrogen (secondary N) is 11. The lowest BCUT2D eigenvalue weighted by molar-refractivity contribution is -0.135. The number of aromatic amines is 2. The van der Waals surface area contributed by atoms with Crippen molar-refractivity contribution in [1.82, 2.24) is 57.5 Å². The van der Waals surface area contributed by atoms with Crippen LogP contribution in [0.15, 0.2) is 73.3 Å². The molecule has 4 aromatic rings. The second-order valence-electron chi connectivity index (χ2n) is 16.2. The van der Waals surface area contributed by atoms with Gasteiger partial charge in [-0.05, 0) is 56.2 Å². The number of hydrogen-bond acceptors (Lipinski definition) is 10. The van der Waals surface area contributed by atoms with Gasteiger partial charge in [-0.3, -0.25) is 43.8 Å². The third-order valence-electron chi connectivity index (χ3n) is 11.0. The van der Waals surface area contributed by atoms with E-state index in [0.29, 0.717) is 16.8 Å². The largest absolute Gasteiger partial charge is 0.370 e. The number of carbonyl (C=O) groups excluding carboxylic acids is 8. The fourth-order valence-corrected chi connectivity index (χ4v) is 7.56. The summed E-state index contributed by atoms with van der Waals surface area (Å²) in [5.74, 6) is -5.41. The van der Waals surface area contributed by atoms with Gasteiger partial charge in [0.1, 0.15) is 30.2 Å². The van der Waals surface area contributed by atoms with Crippen LogP contribution in [0.4, 0.5) is 0 Å². The SMILES string of the molecule is CC(=O)N[C@H]1CCC(=O)NCCC[C@@H](C(C)=O)NC(=O)[C@H](Cc2c[nH]c3ccccc23)NC(=O)[C@H](CCCNC(=N)N)NC(=O)[C@@H](Cc2ccccc2)NC(=O)[C@H](Cc2c[nH]cn2)NC1=O. The van der Waals surface area contributed by atoms with Crippen LogP contribution in [0, 0.1) is 5.41 Å². The molecule has 3 heterocycles. The van der Waals surface area contributed by atoms with E-state index in [1.165, 1.54) is 26.4 Å². The number of rotatable bonds is 12. The molecule has 13 N–H and O–H groups in total. The lowest BCUT2D eigenvalue weighted by Gasteiger charge is -2.27. The molecule has 7 amide bonds. The molecule has 0 radical (unpaired) electrons. The maximum Gasteiger partial charge on any atom is 0.243 e. The van der Waals surface area contributed by atoms with Crippen molar-refractivity contribution in [2.45, 2.75) is 108 Å². The summed E-state index contributed by atoms with van der Waals surface area (Å²) in [6.07, 6.45) is 4.74. The van der Waals surface area contributed by atoms with E-state index in [0.717, 1.165) is 10.9 Å². The predicted molar refractivity (Wildman–Crippen MR) is 243 cm³/mol. The highest BCUT2D eigenvalue weighted by molar-refractivity contribution is 5.97. The van der Waals surface area contributed by atoms with E-state index in [2.05, 4.69) is 57.5 Å². The van der Waals surface area contributed by atoms with Crippen molar-refractivity contribution in [1.29, 1.82) is 5.41 Å².